The SMILES string of the molecule is NCCc1nc(C(=O)N2CCOCC2CO)cs1. The average Bonchev–Trinajstić information content (AvgIpc) is 2.87. The first-order chi connectivity index (χ1) is 8.76. The Morgan fingerprint density at radius 3 is 3.28 bits per heavy atom. The fraction of sp³-hybridized carbons (Fsp3) is 0.636. The number of amides is 1. The first-order valence-corrected chi connectivity index (χ1v) is 6.78. The number of aliphatic hydroxyl groups excluding tert-OH is 1. The number of nitrogens with two attached hydrogens (primary N) is 1. The van der Waals surface area contributed by atoms with Gasteiger partial charge < -0.3 is 20.5 Å². The minimum atomic E-state index is -0.272. The van der Waals surface area contributed by atoms with Gasteiger partial charge in [-0.3, -0.25) is 4.79 Å². The van der Waals surface area contributed by atoms with E-state index in [0.29, 0.717) is 38.4 Å². The van der Waals surface area contributed by atoms with Crippen LogP contribution >= 0.6 is 11.3 Å². The van der Waals surface area contributed by atoms with Gasteiger partial charge in [0.25, 0.3) is 5.91 Å². The van der Waals surface area contributed by atoms with Crippen molar-refractivity contribution in [3.05, 3.63) is 16.1 Å². The molecule has 7 heteroatoms. The minimum Gasteiger partial charge on any atom is -0.394 e. The number of aliphatic hydroxyl groups is 1. The highest BCUT2D eigenvalue weighted by molar-refractivity contribution is 7.09. The van der Waals surface area contributed by atoms with Gasteiger partial charge >= 0.3 is 0 Å². The van der Waals surface area contributed by atoms with Crippen LogP contribution in [0.2, 0.25) is 0 Å². The van der Waals surface area contributed by atoms with Gasteiger partial charge in [-0.05, 0) is 6.54 Å². The number of carbonyl (C=O) groups excluding carboxylic acids is 1. The van der Waals surface area contributed by atoms with Gasteiger partial charge in [0.2, 0.25) is 0 Å². The van der Waals surface area contributed by atoms with Crippen molar-refractivity contribution in [1.82, 2.24) is 9.88 Å². The molecule has 1 unspecified atom stereocenters. The van der Waals surface area contributed by atoms with Crippen molar-refractivity contribution < 1.29 is 14.6 Å². The Labute approximate surface area is 109 Å². The molecule has 1 saturated heterocycles. The topological polar surface area (TPSA) is 88.7 Å². The molecule has 1 fully saturated rings. The van der Waals surface area contributed by atoms with Gasteiger partial charge in [-0.25, -0.2) is 4.98 Å². The average molecular weight is 271 g/mol. The highest BCUT2D eigenvalue weighted by atomic mass is 32.1. The van der Waals surface area contributed by atoms with Crippen LogP contribution in [-0.2, 0) is 11.2 Å². The molecular formula is C11H17N3O3S. The molecular weight excluding hydrogens is 254 g/mol. The summed E-state index contributed by atoms with van der Waals surface area (Å²) in [6, 6.07) is -0.272. The van der Waals surface area contributed by atoms with E-state index in [1.54, 1.807) is 10.3 Å². The molecule has 2 heterocycles. The molecule has 0 saturated carbocycles. The molecule has 0 aliphatic carbocycles. The van der Waals surface area contributed by atoms with E-state index in [1.807, 2.05) is 0 Å². The molecule has 2 rings (SSSR count). The Morgan fingerprint density at radius 1 is 1.72 bits per heavy atom. The smallest absolute Gasteiger partial charge is 0.273 e. The van der Waals surface area contributed by atoms with Crippen molar-refractivity contribution >= 4 is 17.2 Å². The van der Waals surface area contributed by atoms with E-state index in [9.17, 15) is 9.90 Å². The van der Waals surface area contributed by atoms with Crippen LogP contribution in [0.3, 0.4) is 0 Å². The normalized spacial score (nSPS) is 20.1. The van der Waals surface area contributed by atoms with E-state index >= 15 is 0 Å². The van der Waals surface area contributed by atoms with Crippen LogP contribution in [0.5, 0.6) is 0 Å². The summed E-state index contributed by atoms with van der Waals surface area (Å²) in [6.45, 7) is 1.81. The minimum absolute atomic E-state index is 0.0917. The molecule has 1 aliphatic heterocycles. The third-order valence-electron chi connectivity index (χ3n) is 2.83. The van der Waals surface area contributed by atoms with Crippen LogP contribution in [0.1, 0.15) is 15.5 Å². The lowest BCUT2D eigenvalue weighted by Crippen LogP contribution is -2.50. The zero-order valence-corrected chi connectivity index (χ0v) is 10.9. The molecule has 0 spiro atoms. The Balaban J connectivity index is 2.08. The molecule has 1 aromatic rings. The Morgan fingerprint density at radius 2 is 2.56 bits per heavy atom. The quantitative estimate of drug-likeness (QED) is 0.769. The maximum atomic E-state index is 12.3. The highest BCUT2D eigenvalue weighted by Gasteiger charge is 2.28. The second-order valence-electron chi connectivity index (χ2n) is 4.08. The van der Waals surface area contributed by atoms with Crippen molar-refractivity contribution in [2.75, 3.05) is 32.9 Å². The van der Waals surface area contributed by atoms with Crippen LogP contribution in [0.4, 0.5) is 0 Å². The summed E-state index contributed by atoms with van der Waals surface area (Å²) in [5.74, 6) is -0.142. The van der Waals surface area contributed by atoms with Crippen molar-refractivity contribution in [3.63, 3.8) is 0 Å². The fourth-order valence-electron chi connectivity index (χ4n) is 1.87. The second kappa shape index (κ2) is 6.24. The lowest BCUT2D eigenvalue weighted by Gasteiger charge is -2.33. The first kappa shape index (κ1) is 13.4. The molecule has 6 nitrogen and oxygen atoms in total. The Kier molecular flexibility index (Phi) is 4.65. The van der Waals surface area contributed by atoms with Crippen molar-refractivity contribution in [3.8, 4) is 0 Å². The fourth-order valence-corrected chi connectivity index (χ4v) is 2.66. The van der Waals surface area contributed by atoms with E-state index in [1.165, 1.54) is 11.3 Å². The van der Waals surface area contributed by atoms with Gasteiger partial charge in [0.05, 0.1) is 30.9 Å². The summed E-state index contributed by atoms with van der Waals surface area (Å²) in [7, 11) is 0. The van der Waals surface area contributed by atoms with Gasteiger partial charge in [0.15, 0.2) is 0 Å². The van der Waals surface area contributed by atoms with Gasteiger partial charge in [0.1, 0.15) is 5.69 Å². The van der Waals surface area contributed by atoms with E-state index in [4.69, 9.17) is 10.5 Å². The van der Waals surface area contributed by atoms with Crippen LogP contribution < -0.4 is 5.73 Å². The molecule has 3 N–H and O–H groups in total. The molecule has 100 valence electrons. The van der Waals surface area contributed by atoms with Crippen LogP contribution in [0, 0.1) is 0 Å². The molecule has 1 atom stereocenters. The predicted molar refractivity (Wildman–Crippen MR) is 67.6 cm³/mol. The van der Waals surface area contributed by atoms with Crippen LogP contribution in [0.15, 0.2) is 5.38 Å². The van der Waals surface area contributed by atoms with Gasteiger partial charge in [0, 0.05) is 18.3 Å². The summed E-state index contributed by atoms with van der Waals surface area (Å²) in [4.78, 5) is 18.2. The number of thiazole rings is 1. The van der Waals surface area contributed by atoms with E-state index in [2.05, 4.69) is 4.98 Å². The third kappa shape index (κ3) is 2.86. The molecule has 1 amide bonds. The van der Waals surface area contributed by atoms with E-state index in [0.717, 1.165) is 5.01 Å². The summed E-state index contributed by atoms with van der Waals surface area (Å²) in [5.41, 5.74) is 5.89. The number of hydrogen-bond acceptors (Lipinski definition) is 6. The summed E-state index contributed by atoms with van der Waals surface area (Å²) in [6.07, 6.45) is 0.685. The number of hydrogen-bond donors (Lipinski definition) is 2. The zero-order valence-electron chi connectivity index (χ0n) is 10.0. The zero-order chi connectivity index (χ0) is 13.0. The van der Waals surface area contributed by atoms with Crippen LogP contribution in [0.25, 0.3) is 0 Å². The summed E-state index contributed by atoms with van der Waals surface area (Å²) < 4.78 is 5.24. The Bertz CT molecular complexity index is 410. The largest absolute Gasteiger partial charge is 0.394 e. The predicted octanol–water partition coefficient (Wildman–Crippen LogP) is -0.522. The molecule has 0 aromatic carbocycles. The van der Waals surface area contributed by atoms with Gasteiger partial charge in [-0.2, -0.15) is 0 Å². The van der Waals surface area contributed by atoms with Crippen LogP contribution in [-0.4, -0.2) is 59.8 Å². The summed E-state index contributed by atoms with van der Waals surface area (Å²) >= 11 is 1.44. The maximum absolute atomic E-state index is 12.3. The maximum Gasteiger partial charge on any atom is 0.273 e. The van der Waals surface area contributed by atoms with E-state index < -0.39 is 0 Å². The van der Waals surface area contributed by atoms with Crippen molar-refractivity contribution in [1.29, 1.82) is 0 Å². The van der Waals surface area contributed by atoms with Gasteiger partial charge in [-0.15, -0.1) is 11.3 Å². The van der Waals surface area contributed by atoms with Crippen molar-refractivity contribution in [2.24, 2.45) is 5.73 Å². The lowest BCUT2D eigenvalue weighted by atomic mass is 10.2. The van der Waals surface area contributed by atoms with Crippen molar-refractivity contribution in [2.45, 2.75) is 12.5 Å². The lowest BCUT2D eigenvalue weighted by molar-refractivity contribution is -0.0186. The number of carbonyl (C=O) groups is 1. The number of ether oxygens (including phenoxy) is 1. The van der Waals surface area contributed by atoms with E-state index in [-0.39, 0.29) is 18.6 Å². The number of morpholine rings is 1. The summed E-state index contributed by atoms with van der Waals surface area (Å²) in [5, 5.41) is 11.9. The molecule has 1 aromatic heterocycles. The first-order valence-electron chi connectivity index (χ1n) is 5.90. The molecule has 0 radical (unpaired) electrons. The standard InChI is InChI=1S/C11H17N3O3S/c12-2-1-10-13-9(7-18-10)11(16)14-3-4-17-6-8(14)5-15/h7-8,15H,1-6,12H2. The highest BCUT2D eigenvalue weighted by Crippen LogP contribution is 2.15. The number of rotatable bonds is 4. The molecule has 1 aliphatic rings. The third-order valence-corrected chi connectivity index (χ3v) is 3.74. The number of nitrogens with zero attached hydrogens (tertiary/aromatic N) is 2. The van der Waals surface area contributed by atoms with Gasteiger partial charge in [-0.1, -0.05) is 0 Å². The second-order valence-corrected chi connectivity index (χ2v) is 5.02. The Hall–Kier alpha value is -1.02. The number of aromatic nitrogens is 1. The molecule has 18 heavy (non-hydrogen) atoms. The monoisotopic (exact) mass is 271 g/mol. The molecule has 0 bridgehead atoms.